The summed E-state index contributed by atoms with van der Waals surface area (Å²) in [5.74, 6) is 3.37. The maximum absolute atomic E-state index is 12.4. The first-order valence-electron chi connectivity index (χ1n) is 9.06. The molecule has 0 heterocycles. The molecule has 0 aliphatic heterocycles. The number of Topliss-reactive ketones (excluding diaryl/α,β-unsaturated/α-hetero) is 2. The number of hydrogen-bond acceptors (Lipinski definition) is 2. The van der Waals surface area contributed by atoms with Gasteiger partial charge in [-0.15, -0.1) is 0 Å². The van der Waals surface area contributed by atoms with Crippen LogP contribution in [0.3, 0.4) is 0 Å². The molecule has 5 fully saturated rings. The van der Waals surface area contributed by atoms with Crippen molar-refractivity contribution in [2.75, 3.05) is 0 Å². The Kier molecular flexibility index (Phi) is 2.22. The van der Waals surface area contributed by atoms with E-state index in [9.17, 15) is 9.59 Å². The smallest absolute Gasteiger partial charge is 0.139 e. The van der Waals surface area contributed by atoms with Gasteiger partial charge in [0.25, 0.3) is 0 Å². The number of rotatable bonds is 0. The third-order valence-electron chi connectivity index (χ3n) is 8.78. The Morgan fingerprint density at radius 2 is 1.81 bits per heavy atom. The first-order chi connectivity index (χ1) is 10.0. The van der Waals surface area contributed by atoms with E-state index in [2.05, 4.69) is 6.92 Å². The molecule has 0 aromatic heterocycles. The van der Waals surface area contributed by atoms with Crippen molar-refractivity contribution in [1.82, 2.24) is 0 Å². The molecule has 5 rings (SSSR count). The molecule has 2 heteroatoms. The van der Waals surface area contributed by atoms with Crippen LogP contribution >= 0.6 is 0 Å². The predicted molar refractivity (Wildman–Crippen MR) is 79.6 cm³/mol. The maximum atomic E-state index is 12.4. The molecule has 0 aromatic carbocycles. The minimum atomic E-state index is 0.0111. The van der Waals surface area contributed by atoms with Gasteiger partial charge in [0.15, 0.2) is 0 Å². The van der Waals surface area contributed by atoms with Gasteiger partial charge < -0.3 is 0 Å². The van der Waals surface area contributed by atoms with Crippen LogP contribution in [0, 0.1) is 34.0 Å². The molecule has 114 valence electrons. The van der Waals surface area contributed by atoms with E-state index in [1.807, 2.05) is 0 Å². The van der Waals surface area contributed by atoms with Crippen molar-refractivity contribution in [1.29, 1.82) is 0 Å². The fourth-order valence-corrected chi connectivity index (χ4v) is 7.71. The third kappa shape index (κ3) is 1.32. The quantitative estimate of drug-likeness (QED) is 0.676. The van der Waals surface area contributed by atoms with Gasteiger partial charge in [0.2, 0.25) is 0 Å². The Balaban J connectivity index is 1.50. The van der Waals surface area contributed by atoms with Crippen LogP contribution in [0.25, 0.3) is 0 Å². The van der Waals surface area contributed by atoms with E-state index < -0.39 is 0 Å². The molecular formula is C19H26O2. The summed E-state index contributed by atoms with van der Waals surface area (Å²) >= 11 is 0. The summed E-state index contributed by atoms with van der Waals surface area (Å²) in [6, 6.07) is 0. The third-order valence-corrected chi connectivity index (χ3v) is 8.78. The van der Waals surface area contributed by atoms with E-state index in [4.69, 9.17) is 0 Å². The first-order valence-corrected chi connectivity index (χ1v) is 9.06. The average Bonchev–Trinajstić information content (AvgIpc) is 3.05. The van der Waals surface area contributed by atoms with Gasteiger partial charge in [0.05, 0.1) is 0 Å². The molecule has 5 aliphatic rings. The van der Waals surface area contributed by atoms with E-state index in [0.717, 1.165) is 43.9 Å². The van der Waals surface area contributed by atoms with Crippen molar-refractivity contribution < 1.29 is 9.59 Å². The van der Waals surface area contributed by atoms with Gasteiger partial charge in [-0.3, -0.25) is 9.59 Å². The zero-order valence-corrected chi connectivity index (χ0v) is 13.1. The lowest BCUT2D eigenvalue weighted by molar-refractivity contribution is -0.134. The highest BCUT2D eigenvalue weighted by Gasteiger charge is 2.75. The zero-order chi connectivity index (χ0) is 14.5. The van der Waals surface area contributed by atoms with Gasteiger partial charge in [0.1, 0.15) is 11.6 Å². The van der Waals surface area contributed by atoms with E-state index in [-0.39, 0.29) is 5.41 Å². The molecule has 0 unspecified atom stereocenters. The van der Waals surface area contributed by atoms with Crippen LogP contribution in [0.5, 0.6) is 0 Å². The Labute approximate surface area is 127 Å². The highest BCUT2D eigenvalue weighted by atomic mass is 16.1. The van der Waals surface area contributed by atoms with Crippen molar-refractivity contribution in [3.05, 3.63) is 0 Å². The molecule has 0 N–H and O–H groups in total. The molecule has 2 nitrogen and oxygen atoms in total. The molecule has 0 saturated heterocycles. The lowest BCUT2D eigenvalue weighted by atomic mass is 9.50. The minimum Gasteiger partial charge on any atom is -0.300 e. The molecule has 0 amide bonds. The maximum Gasteiger partial charge on any atom is 0.139 e. The summed E-state index contributed by atoms with van der Waals surface area (Å²) < 4.78 is 0. The molecular weight excluding hydrogens is 260 g/mol. The monoisotopic (exact) mass is 286 g/mol. The van der Waals surface area contributed by atoms with Crippen molar-refractivity contribution in [2.45, 2.75) is 71.1 Å². The second-order valence-electron chi connectivity index (χ2n) is 9.16. The molecule has 5 aliphatic carbocycles. The van der Waals surface area contributed by atoms with Crippen molar-refractivity contribution in [3.63, 3.8) is 0 Å². The summed E-state index contributed by atoms with van der Waals surface area (Å²) in [5.41, 5.74) is 0.952. The highest BCUT2D eigenvalue weighted by molar-refractivity contribution is 5.87. The van der Waals surface area contributed by atoms with Crippen LogP contribution in [-0.4, -0.2) is 11.6 Å². The van der Waals surface area contributed by atoms with E-state index in [0.29, 0.717) is 28.3 Å². The van der Waals surface area contributed by atoms with Crippen LogP contribution in [-0.2, 0) is 9.59 Å². The average molecular weight is 286 g/mol. The van der Waals surface area contributed by atoms with E-state index >= 15 is 0 Å². The van der Waals surface area contributed by atoms with E-state index in [1.165, 1.54) is 32.1 Å². The normalized spacial score (nSPS) is 58.0. The Morgan fingerprint density at radius 3 is 2.67 bits per heavy atom. The van der Waals surface area contributed by atoms with Crippen molar-refractivity contribution in [3.8, 4) is 0 Å². The summed E-state index contributed by atoms with van der Waals surface area (Å²) in [6.45, 7) is 2.26. The van der Waals surface area contributed by atoms with Crippen molar-refractivity contribution in [2.24, 2.45) is 34.0 Å². The molecule has 5 saturated carbocycles. The first kappa shape index (κ1) is 12.8. The van der Waals surface area contributed by atoms with Gasteiger partial charge in [0, 0.05) is 24.7 Å². The van der Waals surface area contributed by atoms with Gasteiger partial charge in [-0.25, -0.2) is 0 Å². The number of ketones is 2. The van der Waals surface area contributed by atoms with Crippen LogP contribution in [0.4, 0.5) is 0 Å². The second-order valence-corrected chi connectivity index (χ2v) is 9.16. The van der Waals surface area contributed by atoms with Gasteiger partial charge in [-0.05, 0) is 73.5 Å². The lowest BCUT2D eigenvalue weighted by Crippen LogP contribution is -2.48. The summed E-state index contributed by atoms with van der Waals surface area (Å²) in [4.78, 5) is 24.3. The summed E-state index contributed by atoms with van der Waals surface area (Å²) in [5, 5.41) is 0. The van der Waals surface area contributed by atoms with Crippen LogP contribution < -0.4 is 0 Å². The topological polar surface area (TPSA) is 34.1 Å². The second kappa shape index (κ2) is 3.63. The number of hydrogen-bond donors (Lipinski definition) is 0. The fourth-order valence-electron chi connectivity index (χ4n) is 7.71. The van der Waals surface area contributed by atoms with Crippen LogP contribution in [0.15, 0.2) is 0 Å². The van der Waals surface area contributed by atoms with Gasteiger partial charge >= 0.3 is 0 Å². The molecule has 6 atom stereocenters. The van der Waals surface area contributed by atoms with Crippen molar-refractivity contribution >= 4 is 11.6 Å². The zero-order valence-electron chi connectivity index (χ0n) is 13.1. The number of carbonyl (C=O) groups is 2. The standard InChI is InChI=1S/C19H26O2/c1-17-7-6-15-13(14(17)2-3-16(17)21)5-8-18-10-12(20)4-9-19(15,18)11-18/h13-15H,2-11H2,1H3/t13-,14-,15-,17+,18-,19+/m1/s1. The molecule has 0 aromatic rings. The summed E-state index contributed by atoms with van der Waals surface area (Å²) in [6.07, 6.45) is 11.2. The van der Waals surface area contributed by atoms with Gasteiger partial charge in [-0.2, -0.15) is 0 Å². The SMILES string of the molecule is C[C@]12CC[C@@H]3[C@H](CC[C@]45CC(=O)CC[C@]34C5)[C@H]1CCC2=O. The molecule has 21 heavy (non-hydrogen) atoms. The highest BCUT2D eigenvalue weighted by Crippen LogP contribution is 2.82. The Hall–Kier alpha value is -0.660. The molecule has 0 radical (unpaired) electrons. The number of carbonyl (C=O) groups excluding carboxylic acids is 2. The Morgan fingerprint density at radius 1 is 0.952 bits per heavy atom. The van der Waals surface area contributed by atoms with Crippen LogP contribution in [0.2, 0.25) is 0 Å². The van der Waals surface area contributed by atoms with Gasteiger partial charge in [-0.1, -0.05) is 6.92 Å². The summed E-state index contributed by atoms with van der Waals surface area (Å²) in [7, 11) is 0. The molecule has 0 bridgehead atoms. The Bertz CT molecular complexity index is 552. The largest absolute Gasteiger partial charge is 0.300 e. The lowest BCUT2D eigenvalue weighted by Gasteiger charge is -2.53. The number of fused-ring (bicyclic) bond motifs is 3. The van der Waals surface area contributed by atoms with Crippen LogP contribution in [0.1, 0.15) is 71.1 Å². The van der Waals surface area contributed by atoms with E-state index in [1.54, 1.807) is 0 Å². The fraction of sp³-hybridized carbons (Fsp3) is 0.895. The predicted octanol–water partition coefficient (Wildman–Crippen LogP) is 3.92. The molecule has 0 spiro atoms. The minimum absolute atomic E-state index is 0.0111.